The molecular formula is C25H29N5O5S2. The summed E-state index contributed by atoms with van der Waals surface area (Å²) in [4.78, 5) is 9.34. The molecule has 0 unspecified atom stereocenters. The average molecular weight is 544 g/mol. The fourth-order valence-electron chi connectivity index (χ4n) is 3.53. The minimum Gasteiger partial charge on any atom is -0.493 e. The summed E-state index contributed by atoms with van der Waals surface area (Å²) in [6.07, 6.45) is 1.50. The number of anilines is 1. The number of ether oxygens (including phenoxy) is 3. The van der Waals surface area contributed by atoms with Gasteiger partial charge in [0, 0.05) is 17.9 Å². The number of hydrogen-bond donors (Lipinski definition) is 2. The minimum absolute atomic E-state index is 0.0550. The molecule has 12 heteroatoms. The molecule has 0 amide bonds. The first-order chi connectivity index (χ1) is 17.7. The second-order valence-electron chi connectivity index (χ2n) is 7.82. The van der Waals surface area contributed by atoms with Gasteiger partial charge in [-0.2, -0.15) is 5.26 Å². The van der Waals surface area contributed by atoms with Crippen molar-refractivity contribution in [2.24, 2.45) is 5.14 Å². The van der Waals surface area contributed by atoms with E-state index in [1.165, 1.54) is 45.2 Å². The van der Waals surface area contributed by atoms with Crippen LogP contribution in [0.4, 0.5) is 5.82 Å². The summed E-state index contributed by atoms with van der Waals surface area (Å²) in [6, 6.07) is 12.1. The first kappa shape index (κ1) is 28.0. The minimum atomic E-state index is -3.75. The molecule has 10 nitrogen and oxygen atoms in total. The van der Waals surface area contributed by atoms with Crippen LogP contribution in [0.3, 0.4) is 0 Å². The first-order valence-corrected chi connectivity index (χ1v) is 13.9. The lowest BCUT2D eigenvalue weighted by Crippen LogP contribution is -2.12. The highest BCUT2D eigenvalue weighted by molar-refractivity contribution is 7.99. The van der Waals surface area contributed by atoms with Gasteiger partial charge < -0.3 is 19.5 Å². The van der Waals surface area contributed by atoms with E-state index in [1.54, 1.807) is 24.3 Å². The van der Waals surface area contributed by atoms with Gasteiger partial charge in [0.15, 0.2) is 16.7 Å². The highest BCUT2D eigenvalue weighted by Crippen LogP contribution is 2.42. The van der Waals surface area contributed by atoms with Gasteiger partial charge in [0.2, 0.25) is 15.8 Å². The summed E-state index contributed by atoms with van der Waals surface area (Å²) in [5, 5.41) is 19.0. The Morgan fingerprint density at radius 2 is 1.70 bits per heavy atom. The molecule has 0 atom stereocenters. The molecule has 0 aliphatic heterocycles. The summed E-state index contributed by atoms with van der Waals surface area (Å²) < 4.78 is 39.4. The fraction of sp³-hybridized carbons (Fsp3) is 0.320. The quantitative estimate of drug-likeness (QED) is 0.255. The van der Waals surface area contributed by atoms with E-state index in [1.807, 2.05) is 0 Å². The van der Waals surface area contributed by atoms with Crippen molar-refractivity contribution in [3.63, 3.8) is 0 Å². The van der Waals surface area contributed by atoms with Gasteiger partial charge in [-0.25, -0.2) is 23.5 Å². The lowest BCUT2D eigenvalue weighted by Gasteiger charge is -2.16. The first-order valence-electron chi connectivity index (χ1n) is 11.4. The topological polar surface area (TPSA) is 149 Å². The van der Waals surface area contributed by atoms with Gasteiger partial charge >= 0.3 is 0 Å². The molecule has 3 aromatic rings. The third kappa shape index (κ3) is 6.82. The molecule has 2 aromatic carbocycles. The van der Waals surface area contributed by atoms with E-state index >= 15 is 0 Å². The summed E-state index contributed by atoms with van der Waals surface area (Å²) in [5.74, 6) is 2.55. The van der Waals surface area contributed by atoms with Gasteiger partial charge in [0.1, 0.15) is 17.5 Å². The van der Waals surface area contributed by atoms with Crippen LogP contribution < -0.4 is 24.7 Å². The number of nitrogens with one attached hydrogen (secondary N) is 1. The summed E-state index contributed by atoms with van der Waals surface area (Å²) in [6.45, 7) is 2.52. The van der Waals surface area contributed by atoms with Gasteiger partial charge in [-0.15, -0.1) is 0 Å². The van der Waals surface area contributed by atoms with Crippen LogP contribution in [0.25, 0.3) is 11.3 Å². The Hall–Kier alpha value is -3.53. The highest BCUT2D eigenvalue weighted by Gasteiger charge is 2.21. The Morgan fingerprint density at radius 3 is 2.22 bits per heavy atom. The lowest BCUT2D eigenvalue weighted by molar-refractivity contribution is 0.324. The van der Waals surface area contributed by atoms with Crippen LogP contribution in [-0.2, 0) is 16.4 Å². The number of methoxy groups -OCH3 is 3. The normalized spacial score (nSPS) is 11.0. The van der Waals surface area contributed by atoms with Crippen molar-refractivity contribution in [3.05, 3.63) is 47.5 Å². The zero-order valence-corrected chi connectivity index (χ0v) is 22.7. The van der Waals surface area contributed by atoms with Gasteiger partial charge in [-0.05, 0) is 42.7 Å². The Labute approximate surface area is 221 Å². The van der Waals surface area contributed by atoms with Gasteiger partial charge in [-0.3, -0.25) is 0 Å². The Bertz CT molecular complexity index is 1360. The van der Waals surface area contributed by atoms with E-state index in [9.17, 15) is 13.7 Å². The smallest absolute Gasteiger partial charge is 0.238 e. The van der Waals surface area contributed by atoms with Gasteiger partial charge in [-0.1, -0.05) is 30.8 Å². The number of thioether (sulfide) groups is 1. The van der Waals surface area contributed by atoms with Crippen LogP contribution in [0.1, 0.15) is 24.5 Å². The number of benzene rings is 2. The van der Waals surface area contributed by atoms with Crippen molar-refractivity contribution in [2.45, 2.75) is 29.8 Å². The van der Waals surface area contributed by atoms with Gasteiger partial charge in [0.05, 0.1) is 31.9 Å². The van der Waals surface area contributed by atoms with Crippen molar-refractivity contribution in [3.8, 4) is 34.6 Å². The van der Waals surface area contributed by atoms with Crippen LogP contribution >= 0.6 is 11.8 Å². The third-order valence-corrected chi connectivity index (χ3v) is 7.31. The third-order valence-electron chi connectivity index (χ3n) is 5.33. The van der Waals surface area contributed by atoms with E-state index < -0.39 is 10.0 Å². The lowest BCUT2D eigenvalue weighted by atomic mass is 10.1. The zero-order valence-electron chi connectivity index (χ0n) is 21.1. The predicted molar refractivity (Wildman–Crippen MR) is 143 cm³/mol. The monoisotopic (exact) mass is 543 g/mol. The number of sulfonamides is 1. The van der Waals surface area contributed by atoms with Crippen molar-refractivity contribution in [1.29, 1.82) is 5.26 Å². The standard InChI is InChI=1S/C25H29N5O5S2/c1-5-12-36-25-29-22(17-13-20(33-2)23(35-4)21(14-17)34-3)19(15-26)24(30-25)28-11-10-16-6-8-18(9-7-16)37(27,31)32/h6-9,13-14H,5,10-12H2,1-4H3,(H2,27,31,32)(H,28,29,30). The number of rotatable bonds is 12. The van der Waals surface area contributed by atoms with Crippen molar-refractivity contribution in [2.75, 3.05) is 38.9 Å². The van der Waals surface area contributed by atoms with Crippen LogP contribution in [0, 0.1) is 11.3 Å². The Morgan fingerprint density at radius 1 is 1.05 bits per heavy atom. The van der Waals surface area contributed by atoms with Crippen LogP contribution in [0.2, 0.25) is 0 Å². The number of primary sulfonamides is 1. The molecule has 0 radical (unpaired) electrons. The van der Waals surface area contributed by atoms with E-state index in [4.69, 9.17) is 19.3 Å². The molecule has 37 heavy (non-hydrogen) atoms. The maximum absolute atomic E-state index is 11.5. The molecule has 0 saturated heterocycles. The van der Waals surface area contributed by atoms with Gasteiger partial charge in [0.25, 0.3) is 0 Å². The second kappa shape index (κ2) is 12.6. The number of nitriles is 1. The molecule has 0 fully saturated rings. The molecular weight excluding hydrogens is 514 g/mol. The predicted octanol–water partition coefficient (Wildman–Crippen LogP) is 3.85. The highest BCUT2D eigenvalue weighted by atomic mass is 32.2. The maximum Gasteiger partial charge on any atom is 0.238 e. The number of nitrogens with two attached hydrogens (primary N) is 1. The fourth-order valence-corrected chi connectivity index (χ4v) is 4.74. The summed E-state index contributed by atoms with van der Waals surface area (Å²) in [5.41, 5.74) is 2.24. The second-order valence-corrected chi connectivity index (χ2v) is 10.4. The number of hydrogen-bond acceptors (Lipinski definition) is 10. The maximum atomic E-state index is 11.5. The molecule has 0 bridgehead atoms. The van der Waals surface area contributed by atoms with Crippen LogP contribution in [-0.4, -0.2) is 52.0 Å². The summed E-state index contributed by atoms with van der Waals surface area (Å²) >= 11 is 1.50. The molecule has 0 saturated carbocycles. The molecule has 3 rings (SSSR count). The van der Waals surface area contributed by atoms with E-state index in [0.717, 1.165) is 17.7 Å². The molecule has 0 aliphatic rings. The number of nitrogens with zero attached hydrogens (tertiary/aromatic N) is 3. The largest absolute Gasteiger partial charge is 0.493 e. The molecule has 196 valence electrons. The average Bonchev–Trinajstić information content (AvgIpc) is 2.90. The van der Waals surface area contributed by atoms with Crippen molar-refractivity contribution < 1.29 is 22.6 Å². The molecule has 0 spiro atoms. The van der Waals surface area contributed by atoms with E-state index in [2.05, 4.69) is 28.3 Å². The SMILES string of the molecule is CCCSc1nc(NCCc2ccc(S(N)(=O)=O)cc2)c(C#N)c(-c2cc(OC)c(OC)c(OC)c2)n1. The summed E-state index contributed by atoms with van der Waals surface area (Å²) in [7, 11) is 0.826. The molecule has 1 aromatic heterocycles. The Kier molecular flexibility index (Phi) is 9.57. The van der Waals surface area contributed by atoms with E-state index in [-0.39, 0.29) is 10.5 Å². The molecule has 1 heterocycles. The Balaban J connectivity index is 1.98. The van der Waals surface area contributed by atoms with Crippen molar-refractivity contribution >= 4 is 27.6 Å². The van der Waals surface area contributed by atoms with Crippen LogP contribution in [0.15, 0.2) is 46.5 Å². The van der Waals surface area contributed by atoms with Crippen molar-refractivity contribution in [1.82, 2.24) is 9.97 Å². The molecule has 3 N–H and O–H groups in total. The number of aromatic nitrogens is 2. The molecule has 0 aliphatic carbocycles. The van der Waals surface area contributed by atoms with Crippen LogP contribution in [0.5, 0.6) is 17.2 Å². The zero-order chi connectivity index (χ0) is 27.0. The van der Waals surface area contributed by atoms with E-state index in [0.29, 0.717) is 52.4 Å².